The quantitative estimate of drug-likeness (QED) is 0.489. The number of esters is 1. The van der Waals surface area contributed by atoms with Crippen molar-refractivity contribution in [3.05, 3.63) is 0 Å². The van der Waals surface area contributed by atoms with E-state index in [1.54, 1.807) is 6.92 Å². The summed E-state index contributed by atoms with van der Waals surface area (Å²) in [6.07, 6.45) is 1.83. The summed E-state index contributed by atoms with van der Waals surface area (Å²) in [6, 6.07) is 0. The van der Waals surface area contributed by atoms with E-state index in [1.165, 1.54) is 18.9 Å². The van der Waals surface area contributed by atoms with Crippen LogP contribution in [0.4, 0.5) is 0 Å². The zero-order valence-electron chi connectivity index (χ0n) is 6.31. The molecule has 0 heterocycles. The van der Waals surface area contributed by atoms with Crippen LogP contribution in [0.5, 0.6) is 0 Å². The van der Waals surface area contributed by atoms with E-state index in [1.807, 2.05) is 6.26 Å². The van der Waals surface area contributed by atoms with Gasteiger partial charge in [-0.15, -0.1) is 23.4 Å². The molecule has 1 unspecified atom stereocenters. The second-order valence-corrected chi connectivity index (χ2v) is 3.64. The SMILES string of the molecule is COC(=O)C(C)(CCl)SC. The van der Waals surface area contributed by atoms with E-state index in [4.69, 9.17) is 11.6 Å². The average molecular weight is 183 g/mol. The molecule has 60 valence electrons. The first-order valence-corrected chi connectivity index (χ1v) is 4.56. The van der Waals surface area contributed by atoms with Crippen LogP contribution in [0.15, 0.2) is 0 Å². The fourth-order valence-electron chi connectivity index (χ4n) is 0.408. The summed E-state index contributed by atoms with van der Waals surface area (Å²) in [4.78, 5) is 11.0. The minimum absolute atomic E-state index is 0.269. The highest BCUT2D eigenvalue weighted by Crippen LogP contribution is 2.24. The Morgan fingerprint density at radius 2 is 2.30 bits per heavy atom. The highest BCUT2D eigenvalue weighted by molar-refractivity contribution is 8.00. The molecule has 0 fully saturated rings. The summed E-state index contributed by atoms with van der Waals surface area (Å²) in [7, 11) is 1.36. The smallest absolute Gasteiger partial charge is 0.322 e. The van der Waals surface area contributed by atoms with E-state index < -0.39 is 4.75 Å². The monoisotopic (exact) mass is 182 g/mol. The molecule has 2 nitrogen and oxygen atoms in total. The molecular weight excluding hydrogens is 172 g/mol. The predicted molar refractivity (Wildman–Crippen MR) is 44.7 cm³/mol. The molecule has 4 heteroatoms. The molecule has 0 aromatic rings. The topological polar surface area (TPSA) is 26.3 Å². The lowest BCUT2D eigenvalue weighted by Crippen LogP contribution is -2.34. The van der Waals surface area contributed by atoms with E-state index in [-0.39, 0.29) is 11.8 Å². The van der Waals surface area contributed by atoms with Crippen LogP contribution < -0.4 is 0 Å². The number of hydrogen-bond donors (Lipinski definition) is 0. The normalized spacial score (nSPS) is 16.0. The summed E-state index contributed by atoms with van der Waals surface area (Å²) in [6.45, 7) is 1.76. The van der Waals surface area contributed by atoms with E-state index in [2.05, 4.69) is 4.74 Å². The minimum Gasteiger partial charge on any atom is -0.468 e. The Kier molecular flexibility index (Phi) is 4.13. The van der Waals surface area contributed by atoms with Crippen LogP contribution in [-0.4, -0.2) is 30.0 Å². The maximum Gasteiger partial charge on any atom is 0.322 e. The molecule has 0 aromatic carbocycles. The number of ether oxygens (including phenoxy) is 1. The van der Waals surface area contributed by atoms with Crippen molar-refractivity contribution in [1.29, 1.82) is 0 Å². The van der Waals surface area contributed by atoms with E-state index >= 15 is 0 Å². The zero-order chi connectivity index (χ0) is 8.20. The van der Waals surface area contributed by atoms with Gasteiger partial charge in [-0.05, 0) is 13.2 Å². The lowest BCUT2D eigenvalue weighted by atomic mass is 10.2. The van der Waals surface area contributed by atoms with Crippen LogP contribution in [0.1, 0.15) is 6.92 Å². The Bertz CT molecular complexity index is 123. The molecular formula is C6H11ClO2S. The minimum atomic E-state index is -0.587. The molecule has 0 spiro atoms. The molecule has 0 aliphatic rings. The van der Waals surface area contributed by atoms with Crippen LogP contribution in [-0.2, 0) is 9.53 Å². The number of carbonyl (C=O) groups is 1. The van der Waals surface area contributed by atoms with Gasteiger partial charge >= 0.3 is 5.97 Å². The summed E-state index contributed by atoms with van der Waals surface area (Å²) in [5, 5.41) is 0. The first-order valence-electron chi connectivity index (χ1n) is 2.80. The van der Waals surface area contributed by atoms with Gasteiger partial charge in [0.15, 0.2) is 0 Å². The average Bonchev–Trinajstić information content (AvgIpc) is 2.01. The Hall–Kier alpha value is 0.110. The molecule has 0 N–H and O–H groups in total. The fraction of sp³-hybridized carbons (Fsp3) is 0.833. The first kappa shape index (κ1) is 10.1. The van der Waals surface area contributed by atoms with Crippen molar-refractivity contribution in [2.24, 2.45) is 0 Å². The van der Waals surface area contributed by atoms with Crippen molar-refractivity contribution in [2.75, 3.05) is 19.2 Å². The van der Waals surface area contributed by atoms with Gasteiger partial charge in [-0.25, -0.2) is 0 Å². The third-order valence-electron chi connectivity index (χ3n) is 1.32. The van der Waals surface area contributed by atoms with Gasteiger partial charge in [0, 0.05) is 5.88 Å². The lowest BCUT2D eigenvalue weighted by molar-refractivity contribution is -0.142. The molecule has 0 radical (unpaired) electrons. The van der Waals surface area contributed by atoms with Gasteiger partial charge in [0.05, 0.1) is 7.11 Å². The first-order chi connectivity index (χ1) is 4.60. The van der Waals surface area contributed by atoms with Gasteiger partial charge in [0.25, 0.3) is 0 Å². The summed E-state index contributed by atoms with van der Waals surface area (Å²) in [5.74, 6) is 0.0101. The van der Waals surface area contributed by atoms with E-state index in [0.717, 1.165) is 0 Å². The Labute approximate surface area is 70.3 Å². The van der Waals surface area contributed by atoms with Gasteiger partial charge in [-0.3, -0.25) is 4.79 Å². The Balaban J connectivity index is 4.17. The molecule has 0 aliphatic carbocycles. The number of carbonyl (C=O) groups excluding carboxylic acids is 1. The van der Waals surface area contributed by atoms with Gasteiger partial charge < -0.3 is 4.74 Å². The number of halogens is 1. The maximum atomic E-state index is 11.0. The number of hydrogen-bond acceptors (Lipinski definition) is 3. The van der Waals surface area contributed by atoms with Crippen molar-refractivity contribution in [3.63, 3.8) is 0 Å². The second-order valence-electron chi connectivity index (χ2n) is 2.06. The van der Waals surface area contributed by atoms with Crippen molar-refractivity contribution >= 4 is 29.3 Å². The summed E-state index contributed by atoms with van der Waals surface area (Å²) >= 11 is 6.96. The molecule has 0 rings (SSSR count). The van der Waals surface area contributed by atoms with Crippen LogP contribution in [0.25, 0.3) is 0 Å². The molecule has 1 atom stereocenters. The van der Waals surface area contributed by atoms with Gasteiger partial charge in [0.1, 0.15) is 4.75 Å². The number of rotatable bonds is 3. The molecule has 0 saturated heterocycles. The van der Waals surface area contributed by atoms with Gasteiger partial charge in [-0.2, -0.15) is 0 Å². The van der Waals surface area contributed by atoms with Gasteiger partial charge in [0.2, 0.25) is 0 Å². The zero-order valence-corrected chi connectivity index (χ0v) is 7.88. The maximum absolute atomic E-state index is 11.0. The van der Waals surface area contributed by atoms with E-state index in [9.17, 15) is 4.79 Å². The molecule has 0 aromatic heterocycles. The fourth-order valence-corrected chi connectivity index (χ4v) is 1.20. The van der Waals surface area contributed by atoms with Crippen LogP contribution in [0.3, 0.4) is 0 Å². The Morgan fingerprint density at radius 3 is 2.40 bits per heavy atom. The highest BCUT2D eigenvalue weighted by Gasteiger charge is 2.32. The van der Waals surface area contributed by atoms with Crippen LogP contribution >= 0.6 is 23.4 Å². The molecule has 0 saturated carbocycles. The largest absolute Gasteiger partial charge is 0.468 e. The van der Waals surface area contributed by atoms with E-state index in [0.29, 0.717) is 0 Å². The Morgan fingerprint density at radius 1 is 1.80 bits per heavy atom. The number of methoxy groups -OCH3 is 1. The standard InChI is InChI=1S/C6H11ClO2S/c1-6(4-7,10-3)5(8)9-2/h4H2,1-3H3. The summed E-state index contributed by atoms with van der Waals surface area (Å²) in [5.41, 5.74) is 0. The third-order valence-corrected chi connectivity index (χ3v) is 3.23. The number of thioether (sulfide) groups is 1. The lowest BCUT2D eigenvalue weighted by Gasteiger charge is -2.20. The van der Waals surface area contributed by atoms with Gasteiger partial charge in [-0.1, -0.05) is 0 Å². The second kappa shape index (κ2) is 4.09. The highest BCUT2D eigenvalue weighted by atomic mass is 35.5. The number of alkyl halides is 1. The third kappa shape index (κ3) is 2.06. The van der Waals surface area contributed by atoms with Crippen molar-refractivity contribution < 1.29 is 9.53 Å². The molecule has 0 bridgehead atoms. The summed E-state index contributed by atoms with van der Waals surface area (Å²) < 4.78 is 3.97. The predicted octanol–water partition coefficient (Wildman–Crippen LogP) is 1.52. The molecule has 0 amide bonds. The molecule has 10 heavy (non-hydrogen) atoms. The van der Waals surface area contributed by atoms with Crippen LogP contribution in [0.2, 0.25) is 0 Å². The van der Waals surface area contributed by atoms with Crippen LogP contribution in [0, 0.1) is 0 Å². The molecule has 0 aliphatic heterocycles. The van der Waals surface area contributed by atoms with Crippen molar-refractivity contribution in [2.45, 2.75) is 11.7 Å². The van der Waals surface area contributed by atoms with Crippen molar-refractivity contribution in [3.8, 4) is 0 Å². The van der Waals surface area contributed by atoms with Crippen molar-refractivity contribution in [1.82, 2.24) is 0 Å².